The van der Waals surface area contributed by atoms with Gasteiger partial charge in [0, 0.05) is 121 Å². The van der Waals surface area contributed by atoms with Crippen LogP contribution < -0.4 is 32.3 Å². The highest BCUT2D eigenvalue weighted by molar-refractivity contribution is 7.98. The number of thioether (sulfide) groups is 2. The van der Waals surface area contributed by atoms with Gasteiger partial charge in [-0.3, -0.25) is 62.9 Å². The third-order valence-corrected chi connectivity index (χ3v) is 15.4. The molecule has 5 amide bonds. The second kappa shape index (κ2) is 40.3. The zero-order chi connectivity index (χ0) is 58.6. The largest absolute Gasteiger partial charge is 0.480 e. The Morgan fingerprint density at radius 1 is 0.734 bits per heavy atom. The van der Waals surface area contributed by atoms with Crippen LogP contribution in [0.5, 0.6) is 0 Å². The Hall–Kier alpha value is -4.96. The highest BCUT2D eigenvalue weighted by Crippen LogP contribution is 2.23. The number of carboxylic acid groups (broad SMARTS) is 3. The third kappa shape index (κ3) is 31.0. The summed E-state index contributed by atoms with van der Waals surface area (Å²) in [5, 5.41) is 42.0. The van der Waals surface area contributed by atoms with Gasteiger partial charge in [-0.15, -0.1) is 0 Å². The number of aliphatic carboxylic acids is 3. The fourth-order valence-corrected chi connectivity index (χ4v) is 10.3. The van der Waals surface area contributed by atoms with Crippen molar-refractivity contribution in [3.8, 4) is 0 Å². The molecule has 10 N–H and O–H groups in total. The Morgan fingerprint density at radius 2 is 1.23 bits per heavy atom. The maximum atomic E-state index is 13.8. The minimum absolute atomic E-state index is 0.0733. The Bertz CT molecular complexity index is 2010. The molecule has 0 radical (unpaired) electrons. The van der Waals surface area contributed by atoms with Gasteiger partial charge in [0.05, 0.1) is 37.6 Å². The number of nitrogens with one attached hydrogen (secondary N) is 5. The van der Waals surface area contributed by atoms with Gasteiger partial charge >= 0.3 is 17.9 Å². The van der Waals surface area contributed by atoms with Crippen molar-refractivity contribution in [3.63, 3.8) is 0 Å². The molecule has 79 heavy (non-hydrogen) atoms. The summed E-state index contributed by atoms with van der Waals surface area (Å²) in [6.07, 6.45) is 6.22. The summed E-state index contributed by atoms with van der Waals surface area (Å²) in [7, 11) is 1.94. The Labute approximate surface area is 474 Å². The number of aromatic nitrogens is 1. The minimum atomic E-state index is -1.21. The molecule has 448 valence electrons. The molecular weight excluding hydrogens is 1060 g/mol. The van der Waals surface area contributed by atoms with Gasteiger partial charge in [0.1, 0.15) is 23.9 Å². The van der Waals surface area contributed by atoms with Crippen LogP contribution in [0.4, 0.5) is 0 Å². The molecule has 3 heterocycles. The van der Waals surface area contributed by atoms with Crippen molar-refractivity contribution in [3.05, 3.63) is 29.6 Å². The van der Waals surface area contributed by atoms with Crippen LogP contribution in [-0.4, -0.2) is 235 Å². The molecule has 1 aromatic rings. The number of rotatable bonds is 34. The number of aldehydes is 1. The van der Waals surface area contributed by atoms with E-state index in [0.29, 0.717) is 96.3 Å². The van der Waals surface area contributed by atoms with Gasteiger partial charge < -0.3 is 57.2 Å². The first-order valence-electron chi connectivity index (χ1n) is 27.5. The second-order valence-electron chi connectivity index (χ2n) is 20.4. The van der Waals surface area contributed by atoms with Crippen LogP contribution in [0.15, 0.2) is 18.2 Å². The monoisotopic (exact) mass is 1150 g/mol. The van der Waals surface area contributed by atoms with Gasteiger partial charge in [-0.05, 0) is 56.8 Å². The lowest BCUT2D eigenvalue weighted by atomic mass is 9.87. The highest BCUT2D eigenvalue weighted by atomic mass is 32.2. The lowest BCUT2D eigenvalue weighted by Gasteiger charge is -2.38. The average Bonchev–Trinajstić information content (AvgIpc) is 3.39. The molecule has 0 unspecified atom stereocenters. The molecule has 0 aliphatic carbocycles. The molecule has 0 aromatic carbocycles. The van der Waals surface area contributed by atoms with Crippen LogP contribution in [0.2, 0.25) is 0 Å². The molecule has 2 fully saturated rings. The standard InChI is InChI=1S/C37H63N7O6S2.C16H28N4O7/c1-6-27(4)33(34(38)47)43-35(48)30(23-26(2)3)42-36(49)37(15-19-50-20-16-37)44-32(46)14-22-52-25-29-12-10-11-28(41-29)24-51-21-13-31(45)40-18-9-7-8-17-39-5;21-10-9-17-1-3-18(11-14(22)23)5-7-20(13-16(26)27)8-6-19(4-2-17)12-15(24)25/h10-12,26-27,30,33,39H,6-9,13-25H2,1-5H3,(H2,38,47)(H,40,45)(H,42,49)(H,43,48)(H,44,46);10H,1-9,11-13H2,(H,22,23)(H,24,25)(H,26,27)/t27-,30-,33-;/m0./s1. The summed E-state index contributed by atoms with van der Waals surface area (Å²) in [5.74, 6) is -2.12. The van der Waals surface area contributed by atoms with E-state index < -0.39 is 53.3 Å². The number of nitrogens with two attached hydrogens (primary N) is 1. The lowest BCUT2D eigenvalue weighted by molar-refractivity contribution is -0.140. The van der Waals surface area contributed by atoms with Gasteiger partial charge in [-0.1, -0.05) is 46.6 Å². The van der Waals surface area contributed by atoms with E-state index >= 15 is 0 Å². The van der Waals surface area contributed by atoms with Crippen molar-refractivity contribution < 1.29 is 63.2 Å². The first kappa shape index (κ1) is 70.1. The highest BCUT2D eigenvalue weighted by Gasteiger charge is 2.43. The minimum Gasteiger partial charge on any atom is -0.480 e. The van der Waals surface area contributed by atoms with Crippen molar-refractivity contribution in [1.29, 1.82) is 0 Å². The SMILES string of the molecule is CC[C@H](C)[C@H](NC(=O)[C@H](CC(C)C)NC(=O)C1(NC(=O)CCSCc2cccc(CSCCC(=O)NCCCCCNC)n2)CCOCC1)C(N)=O.O=CCN1CCN(CC(=O)O)CCN(CC(=O)O)CCN(CC(=O)O)CC1. The van der Waals surface area contributed by atoms with Crippen molar-refractivity contribution in [2.75, 3.05) is 123 Å². The van der Waals surface area contributed by atoms with Gasteiger partial charge in [-0.2, -0.15) is 23.5 Å². The van der Waals surface area contributed by atoms with E-state index in [9.17, 15) is 43.2 Å². The normalized spacial score (nSPS) is 17.0. The molecule has 0 bridgehead atoms. The van der Waals surface area contributed by atoms with E-state index in [-0.39, 0.29) is 69.1 Å². The van der Waals surface area contributed by atoms with Crippen LogP contribution in [0, 0.1) is 11.8 Å². The maximum absolute atomic E-state index is 13.8. The summed E-state index contributed by atoms with van der Waals surface area (Å²) in [6.45, 7) is 12.8. The fourth-order valence-electron chi connectivity index (χ4n) is 8.65. The number of unbranched alkanes of at least 4 members (excludes halogenated alkanes) is 2. The maximum Gasteiger partial charge on any atom is 0.317 e. The smallest absolute Gasteiger partial charge is 0.317 e. The summed E-state index contributed by atoms with van der Waals surface area (Å²) < 4.78 is 5.52. The van der Waals surface area contributed by atoms with Gasteiger partial charge in [0.15, 0.2) is 0 Å². The first-order chi connectivity index (χ1) is 37.7. The lowest BCUT2D eigenvalue weighted by Crippen LogP contribution is -2.64. The van der Waals surface area contributed by atoms with Crippen LogP contribution in [0.25, 0.3) is 0 Å². The number of pyridine rings is 1. The predicted molar refractivity (Wildman–Crippen MR) is 304 cm³/mol. The molecule has 3 atom stereocenters. The van der Waals surface area contributed by atoms with Gasteiger partial charge in [-0.25, -0.2) is 0 Å². The van der Waals surface area contributed by atoms with E-state index in [1.807, 2.05) is 57.8 Å². The van der Waals surface area contributed by atoms with Crippen molar-refractivity contribution in [1.82, 2.24) is 51.2 Å². The number of ether oxygens (including phenoxy) is 1. The summed E-state index contributed by atoms with van der Waals surface area (Å²) in [4.78, 5) is 120. The van der Waals surface area contributed by atoms with E-state index in [4.69, 9.17) is 30.8 Å². The van der Waals surface area contributed by atoms with Gasteiger partial charge in [0.25, 0.3) is 0 Å². The van der Waals surface area contributed by atoms with Crippen LogP contribution in [0.3, 0.4) is 0 Å². The number of carbonyl (C=O) groups excluding carboxylic acids is 6. The number of carboxylic acids is 3. The summed E-state index contributed by atoms with van der Waals surface area (Å²) >= 11 is 3.27. The van der Waals surface area contributed by atoms with Crippen molar-refractivity contribution in [2.24, 2.45) is 17.6 Å². The van der Waals surface area contributed by atoms with E-state index in [1.54, 1.807) is 38.2 Å². The first-order valence-corrected chi connectivity index (χ1v) is 29.8. The quantitative estimate of drug-likeness (QED) is 0.0339. The summed E-state index contributed by atoms with van der Waals surface area (Å²) in [5.41, 5.74) is 6.24. The van der Waals surface area contributed by atoms with E-state index in [1.165, 1.54) is 0 Å². The van der Waals surface area contributed by atoms with Crippen LogP contribution in [0.1, 0.15) is 96.9 Å². The van der Waals surface area contributed by atoms with E-state index in [2.05, 4.69) is 26.6 Å². The average molecular weight is 1150 g/mol. The van der Waals surface area contributed by atoms with Crippen LogP contribution >= 0.6 is 23.5 Å². The number of hydrogen-bond acceptors (Lipinski definition) is 18. The zero-order valence-electron chi connectivity index (χ0n) is 47.2. The molecule has 24 nitrogen and oxygen atoms in total. The Balaban J connectivity index is 0.000000662. The molecule has 3 rings (SSSR count). The van der Waals surface area contributed by atoms with Gasteiger partial charge in [0.2, 0.25) is 29.5 Å². The number of amides is 5. The summed E-state index contributed by atoms with van der Waals surface area (Å²) in [6, 6.07) is 4.16. The Morgan fingerprint density at radius 3 is 1.68 bits per heavy atom. The molecule has 26 heteroatoms. The van der Waals surface area contributed by atoms with Crippen molar-refractivity contribution >= 4 is 77.3 Å². The molecule has 2 saturated heterocycles. The third-order valence-electron chi connectivity index (χ3n) is 13.4. The fraction of sp³-hybridized carbons (Fsp3) is 0.736. The number of nitrogens with zero attached hydrogens (tertiary/aromatic N) is 5. The molecule has 0 saturated carbocycles. The molecule has 2 aliphatic rings. The second-order valence-corrected chi connectivity index (χ2v) is 22.6. The van der Waals surface area contributed by atoms with Crippen LogP contribution in [-0.2, 0) is 59.4 Å². The predicted octanol–water partition coefficient (Wildman–Crippen LogP) is 0.707. The molecule has 2 aliphatic heterocycles. The topological polar surface area (TPSA) is 336 Å². The Kier molecular flexibility index (Phi) is 35.7. The molecule has 0 spiro atoms. The zero-order valence-corrected chi connectivity index (χ0v) is 48.8. The van der Waals surface area contributed by atoms with Crippen molar-refractivity contribution in [2.45, 2.75) is 115 Å². The molecule has 1 aromatic heterocycles. The van der Waals surface area contributed by atoms with E-state index in [0.717, 1.165) is 61.5 Å². The number of carbonyl (C=O) groups is 9. The molecular formula is C53H91N11O13S2. The number of primary amides is 1. The number of hydrogen-bond donors (Lipinski definition) is 9.